The molecule has 0 saturated heterocycles. The van der Waals surface area contributed by atoms with Gasteiger partial charge in [-0.1, -0.05) is 13.3 Å². The molecule has 22 heavy (non-hydrogen) atoms. The number of amides is 1. The van der Waals surface area contributed by atoms with Crippen LogP contribution < -0.4 is 5.32 Å². The lowest BCUT2D eigenvalue weighted by molar-refractivity contribution is -0.124. The molecule has 0 aromatic carbocycles. The summed E-state index contributed by atoms with van der Waals surface area (Å²) in [5, 5.41) is 4.63. The smallest absolute Gasteiger partial charge is 0.350 e. The van der Waals surface area contributed by atoms with Crippen LogP contribution in [0.5, 0.6) is 0 Å². The maximum Gasteiger partial charge on any atom is 0.350 e. The minimum absolute atomic E-state index is 0.0911. The summed E-state index contributed by atoms with van der Waals surface area (Å²) in [7, 11) is 0. The molecule has 0 bridgehead atoms. The summed E-state index contributed by atoms with van der Waals surface area (Å²) >= 11 is 1.30. The van der Waals surface area contributed by atoms with E-state index in [1.165, 1.54) is 11.3 Å². The molecule has 6 heteroatoms. The summed E-state index contributed by atoms with van der Waals surface area (Å²) in [6.07, 6.45) is 5.62. The molecule has 0 aliphatic rings. The van der Waals surface area contributed by atoms with Crippen molar-refractivity contribution in [3.05, 3.63) is 40.8 Å². The SMILES string of the molecule is CCCC(C)NC(=O)COC(=O)c1sccc1-n1cccc1. The fraction of sp³-hybridized carbons (Fsp3) is 0.375. The second-order valence-electron chi connectivity index (χ2n) is 5.06. The Bertz CT molecular complexity index is 619. The van der Waals surface area contributed by atoms with Gasteiger partial charge in [0, 0.05) is 18.4 Å². The van der Waals surface area contributed by atoms with Gasteiger partial charge in [0.25, 0.3) is 5.91 Å². The van der Waals surface area contributed by atoms with Crippen LogP contribution in [0.3, 0.4) is 0 Å². The molecule has 2 aromatic rings. The summed E-state index contributed by atoms with van der Waals surface area (Å²) < 4.78 is 6.96. The molecule has 1 amide bonds. The Hall–Kier alpha value is -2.08. The first-order valence-corrected chi connectivity index (χ1v) is 8.17. The molecular weight excluding hydrogens is 300 g/mol. The molecule has 1 N–H and O–H groups in total. The molecule has 0 radical (unpaired) electrons. The highest BCUT2D eigenvalue weighted by molar-refractivity contribution is 7.12. The molecule has 1 unspecified atom stereocenters. The van der Waals surface area contributed by atoms with Crippen molar-refractivity contribution in [3.63, 3.8) is 0 Å². The number of thiophene rings is 1. The largest absolute Gasteiger partial charge is 0.451 e. The minimum Gasteiger partial charge on any atom is -0.451 e. The number of carbonyl (C=O) groups excluding carboxylic acids is 2. The first-order valence-electron chi connectivity index (χ1n) is 7.29. The van der Waals surface area contributed by atoms with E-state index in [0.29, 0.717) is 4.88 Å². The zero-order valence-corrected chi connectivity index (χ0v) is 13.6. The van der Waals surface area contributed by atoms with Crippen LogP contribution >= 0.6 is 11.3 Å². The average Bonchev–Trinajstić information content (AvgIpc) is 3.14. The van der Waals surface area contributed by atoms with E-state index in [4.69, 9.17) is 4.74 Å². The van der Waals surface area contributed by atoms with E-state index in [0.717, 1.165) is 18.5 Å². The maximum absolute atomic E-state index is 12.1. The Morgan fingerprint density at radius 1 is 1.36 bits per heavy atom. The van der Waals surface area contributed by atoms with Crippen molar-refractivity contribution in [3.8, 4) is 5.69 Å². The van der Waals surface area contributed by atoms with Gasteiger partial charge in [-0.15, -0.1) is 11.3 Å². The fourth-order valence-corrected chi connectivity index (χ4v) is 2.95. The average molecular weight is 320 g/mol. The molecule has 5 nitrogen and oxygen atoms in total. The number of nitrogens with zero attached hydrogens (tertiary/aromatic N) is 1. The van der Waals surface area contributed by atoms with E-state index in [2.05, 4.69) is 12.2 Å². The van der Waals surface area contributed by atoms with Crippen LogP contribution in [0.4, 0.5) is 0 Å². The van der Waals surface area contributed by atoms with E-state index in [1.54, 1.807) is 0 Å². The Morgan fingerprint density at radius 3 is 2.77 bits per heavy atom. The van der Waals surface area contributed by atoms with E-state index < -0.39 is 5.97 Å². The van der Waals surface area contributed by atoms with E-state index >= 15 is 0 Å². The summed E-state index contributed by atoms with van der Waals surface area (Å²) in [5.41, 5.74) is 0.764. The maximum atomic E-state index is 12.1. The number of nitrogens with one attached hydrogen (secondary N) is 1. The molecule has 0 aliphatic carbocycles. The molecule has 2 heterocycles. The number of carbonyl (C=O) groups is 2. The molecule has 118 valence electrons. The number of hydrogen-bond acceptors (Lipinski definition) is 4. The lowest BCUT2D eigenvalue weighted by Gasteiger charge is -2.12. The molecule has 0 saturated carbocycles. The van der Waals surface area contributed by atoms with Gasteiger partial charge in [-0.25, -0.2) is 4.79 Å². The summed E-state index contributed by atoms with van der Waals surface area (Å²) in [6.45, 7) is 3.74. The summed E-state index contributed by atoms with van der Waals surface area (Å²) in [6, 6.07) is 5.71. The highest BCUT2D eigenvalue weighted by Gasteiger charge is 2.17. The Kier molecular flexibility index (Phi) is 5.77. The first kappa shape index (κ1) is 16.3. The number of hydrogen-bond donors (Lipinski definition) is 1. The van der Waals surface area contributed by atoms with Crippen LogP contribution in [0.15, 0.2) is 36.0 Å². The first-order chi connectivity index (χ1) is 10.6. The summed E-state index contributed by atoms with van der Waals surface area (Å²) in [4.78, 5) is 24.3. The Labute approximate surface area is 133 Å². The van der Waals surface area contributed by atoms with Crippen molar-refractivity contribution in [1.29, 1.82) is 0 Å². The van der Waals surface area contributed by atoms with Gasteiger partial charge in [-0.05, 0) is 36.9 Å². The van der Waals surface area contributed by atoms with Crippen LogP contribution in [-0.4, -0.2) is 29.1 Å². The van der Waals surface area contributed by atoms with Gasteiger partial charge in [-0.3, -0.25) is 4.79 Å². The van der Waals surface area contributed by atoms with Gasteiger partial charge in [0.15, 0.2) is 6.61 Å². The standard InChI is InChI=1S/C16H20N2O3S/c1-3-6-12(2)17-14(19)11-21-16(20)15-13(7-10-22-15)18-8-4-5-9-18/h4-5,7-10,12H,3,6,11H2,1-2H3,(H,17,19). The number of esters is 1. The Morgan fingerprint density at radius 2 is 2.09 bits per heavy atom. The predicted octanol–water partition coefficient (Wildman–Crippen LogP) is 3.00. The minimum atomic E-state index is -0.475. The molecule has 2 rings (SSSR count). The fourth-order valence-electron chi connectivity index (χ4n) is 2.17. The number of rotatable bonds is 7. The molecule has 0 spiro atoms. The zero-order valence-electron chi connectivity index (χ0n) is 12.7. The van der Waals surface area contributed by atoms with Crippen molar-refractivity contribution in [2.45, 2.75) is 32.7 Å². The normalized spacial score (nSPS) is 11.9. The highest BCUT2D eigenvalue weighted by atomic mass is 32.1. The molecule has 0 fully saturated rings. The van der Waals surface area contributed by atoms with Crippen molar-refractivity contribution >= 4 is 23.2 Å². The zero-order chi connectivity index (χ0) is 15.9. The lowest BCUT2D eigenvalue weighted by Crippen LogP contribution is -2.35. The van der Waals surface area contributed by atoms with Crippen LogP contribution in [-0.2, 0) is 9.53 Å². The summed E-state index contributed by atoms with van der Waals surface area (Å²) in [5.74, 6) is -0.745. The van der Waals surface area contributed by atoms with E-state index in [9.17, 15) is 9.59 Å². The van der Waals surface area contributed by atoms with Crippen LogP contribution in [0.25, 0.3) is 5.69 Å². The Balaban J connectivity index is 1.91. The van der Waals surface area contributed by atoms with E-state index in [1.807, 2.05) is 47.5 Å². The second-order valence-corrected chi connectivity index (χ2v) is 5.97. The van der Waals surface area contributed by atoms with Crippen LogP contribution in [0, 0.1) is 0 Å². The number of ether oxygens (including phenoxy) is 1. The van der Waals surface area contributed by atoms with Crippen molar-refractivity contribution < 1.29 is 14.3 Å². The second kappa shape index (κ2) is 7.79. The highest BCUT2D eigenvalue weighted by Crippen LogP contribution is 2.22. The van der Waals surface area contributed by atoms with Crippen molar-refractivity contribution in [2.75, 3.05) is 6.61 Å². The van der Waals surface area contributed by atoms with E-state index in [-0.39, 0.29) is 18.6 Å². The topological polar surface area (TPSA) is 60.3 Å². The van der Waals surface area contributed by atoms with Gasteiger partial charge in [0.1, 0.15) is 4.88 Å². The predicted molar refractivity (Wildman–Crippen MR) is 86.4 cm³/mol. The van der Waals surface area contributed by atoms with Gasteiger partial charge >= 0.3 is 5.97 Å². The third-order valence-electron chi connectivity index (χ3n) is 3.18. The third kappa shape index (κ3) is 4.21. The molecule has 2 aromatic heterocycles. The molecular formula is C16H20N2O3S. The monoisotopic (exact) mass is 320 g/mol. The lowest BCUT2D eigenvalue weighted by atomic mass is 10.2. The van der Waals surface area contributed by atoms with Gasteiger partial charge < -0.3 is 14.6 Å². The molecule has 1 atom stereocenters. The van der Waals surface area contributed by atoms with Crippen LogP contribution in [0.1, 0.15) is 36.4 Å². The quantitative estimate of drug-likeness (QED) is 0.798. The van der Waals surface area contributed by atoms with Gasteiger partial charge in [-0.2, -0.15) is 0 Å². The van der Waals surface area contributed by atoms with Crippen LogP contribution in [0.2, 0.25) is 0 Å². The van der Waals surface area contributed by atoms with Crippen molar-refractivity contribution in [1.82, 2.24) is 9.88 Å². The van der Waals surface area contributed by atoms with Crippen molar-refractivity contribution in [2.24, 2.45) is 0 Å². The third-order valence-corrected chi connectivity index (χ3v) is 4.06. The van der Waals surface area contributed by atoms with Gasteiger partial charge in [0.05, 0.1) is 5.69 Å². The molecule has 0 aliphatic heterocycles. The number of aromatic nitrogens is 1. The van der Waals surface area contributed by atoms with Gasteiger partial charge in [0.2, 0.25) is 0 Å².